The Kier molecular flexibility index (Phi) is 4.33. The molecule has 1 aromatic carbocycles. The van der Waals surface area contributed by atoms with Gasteiger partial charge in [-0.2, -0.15) is 13.2 Å². The van der Waals surface area contributed by atoms with Crippen LogP contribution in [-0.2, 0) is 9.53 Å². The van der Waals surface area contributed by atoms with Gasteiger partial charge in [-0.3, -0.25) is 4.79 Å². The van der Waals surface area contributed by atoms with Crippen molar-refractivity contribution in [3.05, 3.63) is 30.3 Å². The molecular formula is C10H10F3NO3. The van der Waals surface area contributed by atoms with E-state index in [1.54, 1.807) is 18.2 Å². The number of benzene rings is 1. The highest BCUT2D eigenvalue weighted by atomic mass is 19.4. The van der Waals surface area contributed by atoms with Gasteiger partial charge < -0.3 is 15.2 Å². The van der Waals surface area contributed by atoms with E-state index in [9.17, 15) is 18.0 Å². The first kappa shape index (κ1) is 13.3. The third kappa shape index (κ3) is 5.21. The lowest BCUT2D eigenvalue weighted by atomic mass is 10.3. The van der Waals surface area contributed by atoms with Gasteiger partial charge in [0.1, 0.15) is 12.4 Å². The summed E-state index contributed by atoms with van der Waals surface area (Å²) >= 11 is 0. The molecule has 0 fully saturated rings. The fraction of sp³-hybridized carbons (Fsp3) is 0.300. The number of halogens is 3. The number of nitrogens with two attached hydrogens (primary N) is 1. The van der Waals surface area contributed by atoms with E-state index in [2.05, 4.69) is 4.74 Å². The maximum atomic E-state index is 11.9. The van der Waals surface area contributed by atoms with Crippen LogP contribution < -0.4 is 10.5 Å². The Labute approximate surface area is 95.1 Å². The topological polar surface area (TPSA) is 61.6 Å². The van der Waals surface area contributed by atoms with Crippen LogP contribution in [0, 0.1) is 0 Å². The second kappa shape index (κ2) is 5.53. The van der Waals surface area contributed by atoms with Gasteiger partial charge in [-0.05, 0) is 12.1 Å². The summed E-state index contributed by atoms with van der Waals surface area (Å²) in [5.41, 5.74) is 4.86. The van der Waals surface area contributed by atoms with Crippen molar-refractivity contribution in [2.45, 2.75) is 12.5 Å². The number of hydrogen-bond acceptors (Lipinski definition) is 3. The van der Waals surface area contributed by atoms with Crippen molar-refractivity contribution in [3.8, 4) is 5.75 Å². The Hall–Kier alpha value is -1.76. The minimum absolute atomic E-state index is 0.193. The molecule has 1 atom stereocenters. The Morgan fingerprint density at radius 2 is 1.88 bits per heavy atom. The lowest BCUT2D eigenvalue weighted by Gasteiger charge is -2.17. The van der Waals surface area contributed by atoms with E-state index in [1.807, 2.05) is 0 Å². The van der Waals surface area contributed by atoms with Gasteiger partial charge in [0.25, 0.3) is 12.2 Å². The molecule has 1 rings (SSSR count). The van der Waals surface area contributed by atoms with Crippen molar-refractivity contribution >= 4 is 5.91 Å². The van der Waals surface area contributed by atoms with E-state index < -0.39 is 25.0 Å². The fourth-order valence-corrected chi connectivity index (χ4v) is 0.967. The lowest BCUT2D eigenvalue weighted by molar-refractivity contribution is -0.209. The summed E-state index contributed by atoms with van der Waals surface area (Å²) in [6.45, 7) is -1.60. The van der Waals surface area contributed by atoms with E-state index in [0.29, 0.717) is 0 Å². The van der Waals surface area contributed by atoms with Crippen LogP contribution in [0.2, 0.25) is 0 Å². The number of amides is 1. The molecule has 4 nitrogen and oxygen atoms in total. The predicted octanol–water partition coefficient (Wildman–Crippen LogP) is 1.46. The van der Waals surface area contributed by atoms with E-state index in [1.165, 1.54) is 12.1 Å². The zero-order valence-electron chi connectivity index (χ0n) is 8.61. The SMILES string of the molecule is NC(=O)C(OCC(F)(F)F)Oc1ccccc1. The number of carbonyl (C=O) groups excluding carboxylic acids is 1. The van der Waals surface area contributed by atoms with Crippen molar-refractivity contribution < 1.29 is 27.4 Å². The molecule has 1 amide bonds. The highest BCUT2D eigenvalue weighted by Crippen LogP contribution is 2.17. The number of primary amides is 1. The van der Waals surface area contributed by atoms with Crippen LogP contribution >= 0.6 is 0 Å². The van der Waals surface area contributed by atoms with Crippen molar-refractivity contribution in [1.29, 1.82) is 0 Å². The molecule has 1 aromatic rings. The zero-order valence-corrected chi connectivity index (χ0v) is 8.61. The third-order valence-corrected chi connectivity index (χ3v) is 1.62. The molecule has 2 N–H and O–H groups in total. The molecule has 0 saturated carbocycles. The van der Waals surface area contributed by atoms with Crippen molar-refractivity contribution in [3.63, 3.8) is 0 Å². The fourth-order valence-electron chi connectivity index (χ4n) is 0.967. The molecule has 0 aliphatic rings. The monoisotopic (exact) mass is 249 g/mol. The smallest absolute Gasteiger partial charge is 0.411 e. The number of alkyl halides is 3. The Bertz CT molecular complexity index is 367. The number of carbonyl (C=O) groups is 1. The molecule has 0 aliphatic carbocycles. The van der Waals surface area contributed by atoms with Gasteiger partial charge in [-0.25, -0.2) is 0 Å². The molecule has 0 aromatic heterocycles. The normalized spacial score (nSPS) is 13.1. The molecule has 0 aliphatic heterocycles. The largest absolute Gasteiger partial charge is 0.455 e. The summed E-state index contributed by atoms with van der Waals surface area (Å²) < 4.78 is 44.8. The number of hydrogen-bond donors (Lipinski definition) is 1. The quantitative estimate of drug-likeness (QED) is 0.803. The molecular weight excluding hydrogens is 239 g/mol. The van der Waals surface area contributed by atoms with Crippen molar-refractivity contribution in [2.75, 3.05) is 6.61 Å². The number of rotatable bonds is 5. The second-order valence-electron chi connectivity index (χ2n) is 3.09. The van der Waals surface area contributed by atoms with E-state index in [0.717, 1.165) is 0 Å². The van der Waals surface area contributed by atoms with Gasteiger partial charge in [0.05, 0.1) is 0 Å². The van der Waals surface area contributed by atoms with Gasteiger partial charge in [0.2, 0.25) is 0 Å². The summed E-state index contributed by atoms with van der Waals surface area (Å²) in [4.78, 5) is 10.8. The molecule has 0 radical (unpaired) electrons. The average molecular weight is 249 g/mol. The summed E-state index contributed by atoms with van der Waals surface area (Å²) in [6.07, 6.45) is -6.31. The van der Waals surface area contributed by atoms with E-state index >= 15 is 0 Å². The van der Waals surface area contributed by atoms with Gasteiger partial charge in [-0.1, -0.05) is 18.2 Å². The first-order valence-corrected chi connectivity index (χ1v) is 4.58. The maximum Gasteiger partial charge on any atom is 0.411 e. The molecule has 0 saturated heterocycles. The Morgan fingerprint density at radius 1 is 1.29 bits per heavy atom. The highest BCUT2D eigenvalue weighted by molar-refractivity contribution is 5.77. The minimum atomic E-state index is -4.55. The Balaban J connectivity index is 2.59. The summed E-state index contributed by atoms with van der Waals surface area (Å²) in [7, 11) is 0. The molecule has 0 heterocycles. The average Bonchev–Trinajstić information content (AvgIpc) is 2.24. The maximum absolute atomic E-state index is 11.9. The lowest BCUT2D eigenvalue weighted by Crippen LogP contribution is -2.38. The summed E-state index contributed by atoms with van der Waals surface area (Å²) in [5.74, 6) is -0.934. The highest BCUT2D eigenvalue weighted by Gasteiger charge is 2.31. The van der Waals surface area contributed by atoms with Crippen molar-refractivity contribution in [2.24, 2.45) is 5.73 Å². The predicted molar refractivity (Wildman–Crippen MR) is 52.1 cm³/mol. The number of para-hydroxylation sites is 1. The molecule has 94 valence electrons. The van der Waals surface area contributed by atoms with Crippen LogP contribution in [0.5, 0.6) is 5.75 Å². The van der Waals surface area contributed by atoms with Crippen molar-refractivity contribution in [1.82, 2.24) is 0 Å². The van der Waals surface area contributed by atoms with Gasteiger partial charge >= 0.3 is 6.18 Å². The number of ether oxygens (including phenoxy) is 2. The Morgan fingerprint density at radius 3 is 2.35 bits per heavy atom. The van der Waals surface area contributed by atoms with Gasteiger partial charge in [-0.15, -0.1) is 0 Å². The van der Waals surface area contributed by atoms with Crippen LogP contribution in [0.15, 0.2) is 30.3 Å². The van der Waals surface area contributed by atoms with Crippen LogP contribution in [0.3, 0.4) is 0 Å². The standard InChI is InChI=1S/C10H10F3NO3/c11-10(12,13)6-16-9(8(14)15)17-7-4-2-1-3-5-7/h1-5,9H,6H2,(H2,14,15). The molecule has 1 unspecified atom stereocenters. The first-order valence-electron chi connectivity index (χ1n) is 4.58. The minimum Gasteiger partial charge on any atom is -0.455 e. The van der Waals surface area contributed by atoms with Crippen LogP contribution in [0.4, 0.5) is 13.2 Å². The summed E-state index contributed by atoms with van der Waals surface area (Å²) in [5, 5.41) is 0. The first-order chi connectivity index (χ1) is 7.88. The van der Waals surface area contributed by atoms with Gasteiger partial charge in [0.15, 0.2) is 0 Å². The third-order valence-electron chi connectivity index (χ3n) is 1.62. The molecule has 7 heteroatoms. The molecule has 0 bridgehead atoms. The van der Waals surface area contributed by atoms with Crippen LogP contribution in [0.1, 0.15) is 0 Å². The van der Waals surface area contributed by atoms with Crippen LogP contribution in [0.25, 0.3) is 0 Å². The van der Waals surface area contributed by atoms with Gasteiger partial charge in [0, 0.05) is 0 Å². The van der Waals surface area contributed by atoms with Crippen LogP contribution in [-0.4, -0.2) is 25.0 Å². The summed E-state index contributed by atoms with van der Waals surface area (Å²) in [6, 6.07) is 7.80. The second-order valence-corrected chi connectivity index (χ2v) is 3.09. The zero-order chi connectivity index (χ0) is 12.9. The van der Waals surface area contributed by atoms with E-state index in [-0.39, 0.29) is 5.75 Å². The molecule has 17 heavy (non-hydrogen) atoms. The molecule has 0 spiro atoms. The van der Waals surface area contributed by atoms with E-state index in [4.69, 9.17) is 10.5 Å².